The molecular formula is C24H24N2O4S. The number of hydrogen-bond donors (Lipinski definition) is 0. The highest BCUT2D eigenvalue weighted by Gasteiger charge is 2.30. The number of benzene rings is 3. The molecule has 3 aromatic carbocycles. The second kappa shape index (κ2) is 9.32. The van der Waals surface area contributed by atoms with E-state index in [1.54, 1.807) is 59.5 Å². The van der Waals surface area contributed by atoms with Crippen LogP contribution in [-0.2, 0) is 16.6 Å². The largest absolute Gasteiger partial charge is 0.489 e. The van der Waals surface area contributed by atoms with E-state index in [4.69, 9.17) is 4.74 Å². The van der Waals surface area contributed by atoms with E-state index < -0.39 is 10.0 Å². The smallest absolute Gasteiger partial charge is 0.253 e. The Kier molecular flexibility index (Phi) is 6.34. The Morgan fingerprint density at radius 2 is 1.35 bits per heavy atom. The van der Waals surface area contributed by atoms with Gasteiger partial charge in [-0.25, -0.2) is 8.42 Å². The molecule has 31 heavy (non-hydrogen) atoms. The number of hydrogen-bond acceptors (Lipinski definition) is 4. The van der Waals surface area contributed by atoms with Gasteiger partial charge in [0.05, 0.1) is 4.90 Å². The average Bonchev–Trinajstić information content (AvgIpc) is 2.84. The standard InChI is InChI=1S/C24H24N2O4S/c27-24(21-11-13-22(14-12-21)30-19-20-7-3-1-4-8-20)25-15-17-26(18-16-25)31(28,29)23-9-5-2-6-10-23/h1-14H,15-19H2. The van der Waals surface area contributed by atoms with Crippen molar-refractivity contribution in [2.45, 2.75) is 11.5 Å². The Hall–Kier alpha value is -3.16. The monoisotopic (exact) mass is 436 g/mol. The minimum atomic E-state index is -3.53. The lowest BCUT2D eigenvalue weighted by atomic mass is 10.1. The fraction of sp³-hybridized carbons (Fsp3) is 0.208. The molecule has 0 N–H and O–H groups in total. The minimum Gasteiger partial charge on any atom is -0.489 e. The van der Waals surface area contributed by atoms with E-state index in [0.29, 0.717) is 31.0 Å². The summed E-state index contributed by atoms with van der Waals surface area (Å²) in [6.07, 6.45) is 0. The Labute approximate surface area is 182 Å². The Morgan fingerprint density at radius 1 is 0.774 bits per heavy atom. The molecule has 0 spiro atoms. The third-order valence-corrected chi connectivity index (χ3v) is 7.17. The summed E-state index contributed by atoms with van der Waals surface area (Å²) in [6, 6.07) is 25.3. The Morgan fingerprint density at radius 3 is 1.97 bits per heavy atom. The molecule has 0 atom stereocenters. The van der Waals surface area contributed by atoms with Crippen molar-refractivity contribution in [3.05, 3.63) is 96.1 Å². The van der Waals surface area contributed by atoms with Crippen LogP contribution in [0, 0.1) is 0 Å². The van der Waals surface area contributed by atoms with Crippen LogP contribution in [0.2, 0.25) is 0 Å². The molecule has 0 saturated carbocycles. The fourth-order valence-electron chi connectivity index (χ4n) is 3.49. The minimum absolute atomic E-state index is 0.105. The van der Waals surface area contributed by atoms with Crippen molar-refractivity contribution in [3.8, 4) is 5.75 Å². The third kappa shape index (κ3) is 4.95. The first kappa shape index (κ1) is 21.1. The summed E-state index contributed by atoms with van der Waals surface area (Å²) in [6.45, 7) is 1.74. The molecule has 160 valence electrons. The summed E-state index contributed by atoms with van der Waals surface area (Å²) in [5.41, 5.74) is 1.64. The molecule has 1 fully saturated rings. The summed E-state index contributed by atoms with van der Waals surface area (Å²) < 4.78 is 32.7. The molecule has 0 aromatic heterocycles. The molecule has 1 saturated heterocycles. The molecule has 0 radical (unpaired) electrons. The highest BCUT2D eigenvalue weighted by molar-refractivity contribution is 7.89. The zero-order valence-corrected chi connectivity index (χ0v) is 17.9. The number of ether oxygens (including phenoxy) is 1. The van der Waals surface area contributed by atoms with Crippen molar-refractivity contribution in [3.63, 3.8) is 0 Å². The van der Waals surface area contributed by atoms with Crippen molar-refractivity contribution in [2.75, 3.05) is 26.2 Å². The number of nitrogens with zero attached hydrogens (tertiary/aromatic N) is 2. The van der Waals surface area contributed by atoms with Crippen LogP contribution < -0.4 is 4.74 Å². The van der Waals surface area contributed by atoms with Crippen LogP contribution in [-0.4, -0.2) is 49.7 Å². The maximum atomic E-state index is 12.8. The van der Waals surface area contributed by atoms with Gasteiger partial charge in [0.1, 0.15) is 12.4 Å². The number of piperazine rings is 1. The molecule has 1 aliphatic heterocycles. The molecule has 6 nitrogen and oxygen atoms in total. The van der Waals surface area contributed by atoms with E-state index in [2.05, 4.69) is 0 Å². The van der Waals surface area contributed by atoms with E-state index in [9.17, 15) is 13.2 Å². The van der Waals surface area contributed by atoms with Gasteiger partial charge in [-0.15, -0.1) is 0 Å². The zero-order chi connectivity index (χ0) is 21.7. The lowest BCUT2D eigenvalue weighted by molar-refractivity contribution is 0.0698. The molecule has 1 amide bonds. The van der Waals surface area contributed by atoms with Crippen LogP contribution in [0.5, 0.6) is 5.75 Å². The van der Waals surface area contributed by atoms with Crippen LogP contribution in [0.1, 0.15) is 15.9 Å². The van der Waals surface area contributed by atoms with Gasteiger partial charge in [0.15, 0.2) is 0 Å². The average molecular weight is 437 g/mol. The van der Waals surface area contributed by atoms with Crippen LogP contribution in [0.4, 0.5) is 0 Å². The predicted octanol–water partition coefficient (Wildman–Crippen LogP) is 3.41. The van der Waals surface area contributed by atoms with Gasteiger partial charge in [0, 0.05) is 31.7 Å². The number of carbonyl (C=O) groups is 1. The Bertz CT molecular complexity index is 1110. The number of sulfonamides is 1. The molecular weight excluding hydrogens is 412 g/mol. The van der Waals surface area contributed by atoms with Crippen molar-refractivity contribution < 1.29 is 17.9 Å². The van der Waals surface area contributed by atoms with Gasteiger partial charge in [-0.1, -0.05) is 48.5 Å². The van der Waals surface area contributed by atoms with Crippen molar-refractivity contribution in [1.29, 1.82) is 0 Å². The van der Waals surface area contributed by atoms with E-state index in [1.165, 1.54) is 4.31 Å². The van der Waals surface area contributed by atoms with Gasteiger partial charge >= 0.3 is 0 Å². The number of rotatable bonds is 6. The second-order valence-electron chi connectivity index (χ2n) is 7.31. The van der Waals surface area contributed by atoms with Crippen molar-refractivity contribution in [2.24, 2.45) is 0 Å². The molecule has 7 heteroatoms. The molecule has 0 bridgehead atoms. The predicted molar refractivity (Wildman–Crippen MR) is 118 cm³/mol. The first-order valence-corrected chi connectivity index (χ1v) is 11.6. The van der Waals surface area contributed by atoms with Crippen molar-refractivity contribution in [1.82, 2.24) is 9.21 Å². The SMILES string of the molecule is O=C(c1ccc(OCc2ccccc2)cc1)N1CCN(S(=O)(=O)c2ccccc2)CC1. The van der Waals surface area contributed by atoms with Crippen LogP contribution in [0.15, 0.2) is 89.8 Å². The van der Waals surface area contributed by atoms with E-state index in [-0.39, 0.29) is 23.9 Å². The van der Waals surface area contributed by atoms with Crippen LogP contribution >= 0.6 is 0 Å². The lowest BCUT2D eigenvalue weighted by Gasteiger charge is -2.34. The molecule has 4 rings (SSSR count). The van der Waals surface area contributed by atoms with Gasteiger partial charge in [0.2, 0.25) is 10.0 Å². The zero-order valence-electron chi connectivity index (χ0n) is 17.1. The lowest BCUT2D eigenvalue weighted by Crippen LogP contribution is -2.50. The normalized spacial score (nSPS) is 14.9. The summed E-state index contributed by atoms with van der Waals surface area (Å²) in [7, 11) is -3.53. The van der Waals surface area contributed by atoms with Gasteiger partial charge in [-0.05, 0) is 42.0 Å². The summed E-state index contributed by atoms with van der Waals surface area (Å²) in [5, 5.41) is 0. The van der Waals surface area contributed by atoms with Gasteiger partial charge in [0.25, 0.3) is 5.91 Å². The van der Waals surface area contributed by atoms with Gasteiger partial charge in [-0.3, -0.25) is 4.79 Å². The summed E-state index contributed by atoms with van der Waals surface area (Å²) in [4.78, 5) is 14.8. The van der Waals surface area contributed by atoms with Crippen LogP contribution in [0.3, 0.4) is 0 Å². The quantitative estimate of drug-likeness (QED) is 0.594. The van der Waals surface area contributed by atoms with Crippen LogP contribution in [0.25, 0.3) is 0 Å². The molecule has 3 aromatic rings. The molecule has 0 unspecified atom stereocenters. The third-order valence-electron chi connectivity index (χ3n) is 5.26. The summed E-state index contributed by atoms with van der Waals surface area (Å²) in [5.74, 6) is 0.588. The maximum Gasteiger partial charge on any atom is 0.253 e. The number of amides is 1. The topological polar surface area (TPSA) is 66.9 Å². The maximum absolute atomic E-state index is 12.8. The van der Waals surface area contributed by atoms with E-state index >= 15 is 0 Å². The molecule has 0 aliphatic carbocycles. The molecule has 1 aliphatic rings. The highest BCUT2D eigenvalue weighted by atomic mass is 32.2. The van der Waals surface area contributed by atoms with E-state index in [1.807, 2.05) is 30.3 Å². The van der Waals surface area contributed by atoms with Gasteiger partial charge in [-0.2, -0.15) is 4.31 Å². The molecule has 1 heterocycles. The number of carbonyl (C=O) groups excluding carboxylic acids is 1. The first-order valence-electron chi connectivity index (χ1n) is 10.2. The summed E-state index contributed by atoms with van der Waals surface area (Å²) >= 11 is 0. The highest BCUT2D eigenvalue weighted by Crippen LogP contribution is 2.19. The second-order valence-corrected chi connectivity index (χ2v) is 9.25. The van der Waals surface area contributed by atoms with E-state index in [0.717, 1.165) is 5.56 Å². The fourth-order valence-corrected chi connectivity index (χ4v) is 4.93. The first-order chi connectivity index (χ1) is 15.0. The Balaban J connectivity index is 1.33. The van der Waals surface area contributed by atoms with Gasteiger partial charge < -0.3 is 9.64 Å². The van der Waals surface area contributed by atoms with Crippen molar-refractivity contribution >= 4 is 15.9 Å².